The van der Waals surface area contributed by atoms with Gasteiger partial charge in [-0.1, -0.05) is 22.0 Å². The summed E-state index contributed by atoms with van der Waals surface area (Å²) in [4.78, 5) is 14.2. The van der Waals surface area contributed by atoms with Crippen LogP contribution in [-0.4, -0.2) is 36.5 Å². The summed E-state index contributed by atoms with van der Waals surface area (Å²) in [6.07, 6.45) is 3.48. The van der Waals surface area contributed by atoms with Crippen LogP contribution in [0, 0.1) is 5.92 Å². The molecule has 0 radical (unpaired) electrons. The summed E-state index contributed by atoms with van der Waals surface area (Å²) in [5.74, 6) is 1.50. The van der Waals surface area contributed by atoms with Gasteiger partial charge in [-0.15, -0.1) is 12.4 Å². The molecule has 1 amide bonds. The Morgan fingerprint density at radius 3 is 3.00 bits per heavy atom. The van der Waals surface area contributed by atoms with Crippen LogP contribution in [-0.2, 0) is 4.79 Å². The lowest BCUT2D eigenvalue weighted by molar-refractivity contribution is -0.133. The van der Waals surface area contributed by atoms with Crippen molar-refractivity contribution in [2.45, 2.75) is 38.6 Å². The summed E-state index contributed by atoms with van der Waals surface area (Å²) < 4.78 is 6.66. The van der Waals surface area contributed by atoms with Gasteiger partial charge in [-0.25, -0.2) is 0 Å². The highest BCUT2D eigenvalue weighted by molar-refractivity contribution is 9.10. The minimum absolute atomic E-state index is 0. The fourth-order valence-electron chi connectivity index (χ4n) is 2.79. The van der Waals surface area contributed by atoms with Gasteiger partial charge in [0, 0.05) is 30.0 Å². The zero-order chi connectivity index (χ0) is 15.9. The van der Waals surface area contributed by atoms with Crippen LogP contribution in [0.2, 0.25) is 0 Å². The molecule has 2 N–H and O–H groups in total. The van der Waals surface area contributed by atoms with Crippen molar-refractivity contribution >= 4 is 34.2 Å². The smallest absolute Gasteiger partial charge is 0.222 e. The monoisotopic (exact) mass is 404 g/mol. The lowest BCUT2D eigenvalue weighted by Crippen LogP contribution is -2.45. The normalized spacial score (nSPS) is 18.9. The van der Waals surface area contributed by atoms with Crippen molar-refractivity contribution in [1.82, 2.24) is 4.90 Å². The van der Waals surface area contributed by atoms with Gasteiger partial charge >= 0.3 is 0 Å². The van der Waals surface area contributed by atoms with Crippen molar-refractivity contribution in [2.24, 2.45) is 11.7 Å². The second kappa shape index (κ2) is 10.2. The number of rotatable bonds is 6. The van der Waals surface area contributed by atoms with Gasteiger partial charge in [0.2, 0.25) is 5.91 Å². The van der Waals surface area contributed by atoms with Crippen LogP contribution in [0.15, 0.2) is 28.7 Å². The molecule has 1 aliphatic heterocycles. The summed E-state index contributed by atoms with van der Waals surface area (Å²) >= 11 is 3.41. The number of amides is 1. The van der Waals surface area contributed by atoms with Crippen molar-refractivity contribution in [3.63, 3.8) is 0 Å². The van der Waals surface area contributed by atoms with E-state index in [-0.39, 0.29) is 24.4 Å². The van der Waals surface area contributed by atoms with Crippen LogP contribution in [0.5, 0.6) is 5.75 Å². The Labute approximate surface area is 153 Å². The van der Waals surface area contributed by atoms with E-state index in [1.807, 2.05) is 36.1 Å². The SMILES string of the molecule is CC(N)C1CCCN(C(=O)CCCOc2cccc(Br)c2)C1.Cl. The highest BCUT2D eigenvalue weighted by Crippen LogP contribution is 2.20. The Hall–Kier alpha value is -0.780. The van der Waals surface area contributed by atoms with Crippen molar-refractivity contribution < 1.29 is 9.53 Å². The largest absolute Gasteiger partial charge is 0.494 e. The quantitative estimate of drug-likeness (QED) is 0.735. The number of carbonyl (C=O) groups is 1. The first-order valence-electron chi connectivity index (χ1n) is 7.98. The fraction of sp³-hybridized carbons (Fsp3) is 0.588. The number of benzene rings is 1. The number of nitrogens with two attached hydrogens (primary N) is 1. The number of hydrogen-bond acceptors (Lipinski definition) is 3. The Balaban J connectivity index is 0.00000264. The minimum atomic E-state index is 0. The van der Waals surface area contributed by atoms with Crippen molar-refractivity contribution in [3.8, 4) is 5.75 Å². The maximum Gasteiger partial charge on any atom is 0.222 e. The third-order valence-corrected chi connectivity index (χ3v) is 4.65. The van der Waals surface area contributed by atoms with E-state index in [9.17, 15) is 4.79 Å². The zero-order valence-electron chi connectivity index (χ0n) is 13.5. The molecule has 1 heterocycles. The molecule has 23 heavy (non-hydrogen) atoms. The van der Waals surface area contributed by atoms with E-state index < -0.39 is 0 Å². The second-order valence-corrected chi connectivity index (χ2v) is 6.93. The van der Waals surface area contributed by atoms with Gasteiger partial charge in [0.25, 0.3) is 0 Å². The van der Waals surface area contributed by atoms with Crippen LogP contribution in [0.1, 0.15) is 32.6 Å². The van der Waals surface area contributed by atoms with Gasteiger partial charge in [0.05, 0.1) is 6.61 Å². The standard InChI is InChI=1S/C17H25BrN2O2.ClH/c1-13(19)14-5-3-9-20(12-14)17(21)8-4-10-22-16-7-2-6-15(18)11-16;/h2,6-7,11,13-14H,3-5,8-10,12,19H2,1H3;1H. The highest BCUT2D eigenvalue weighted by Gasteiger charge is 2.25. The summed E-state index contributed by atoms with van der Waals surface area (Å²) in [5, 5.41) is 0. The highest BCUT2D eigenvalue weighted by atomic mass is 79.9. The average Bonchev–Trinajstić information content (AvgIpc) is 2.51. The topological polar surface area (TPSA) is 55.6 Å². The molecule has 0 saturated carbocycles. The molecule has 4 nitrogen and oxygen atoms in total. The lowest BCUT2D eigenvalue weighted by Gasteiger charge is -2.34. The van der Waals surface area contributed by atoms with E-state index in [1.165, 1.54) is 0 Å². The molecule has 1 fully saturated rings. The second-order valence-electron chi connectivity index (χ2n) is 6.01. The predicted octanol–water partition coefficient (Wildman–Crippen LogP) is 3.62. The molecule has 1 aromatic carbocycles. The number of carbonyl (C=O) groups excluding carboxylic acids is 1. The molecule has 2 rings (SSSR count). The molecule has 0 bridgehead atoms. The zero-order valence-corrected chi connectivity index (χ0v) is 15.9. The lowest BCUT2D eigenvalue weighted by atomic mass is 9.92. The first kappa shape index (κ1) is 20.3. The number of nitrogens with zero attached hydrogens (tertiary/aromatic N) is 1. The Kier molecular flexibility index (Phi) is 8.95. The van der Waals surface area contributed by atoms with Gasteiger partial charge in [0.15, 0.2) is 0 Å². The molecule has 1 aliphatic rings. The summed E-state index contributed by atoms with van der Waals surface area (Å²) in [5.41, 5.74) is 5.97. The van der Waals surface area contributed by atoms with E-state index in [1.54, 1.807) is 0 Å². The Bertz CT molecular complexity index is 499. The van der Waals surface area contributed by atoms with Gasteiger partial charge in [-0.05, 0) is 50.3 Å². The molecule has 0 aliphatic carbocycles. The van der Waals surface area contributed by atoms with E-state index in [0.717, 1.165) is 42.6 Å². The first-order chi connectivity index (χ1) is 10.6. The minimum Gasteiger partial charge on any atom is -0.494 e. The predicted molar refractivity (Wildman–Crippen MR) is 99.1 cm³/mol. The van der Waals surface area contributed by atoms with Gasteiger partial charge in [0.1, 0.15) is 5.75 Å². The van der Waals surface area contributed by atoms with E-state index in [4.69, 9.17) is 10.5 Å². The van der Waals surface area contributed by atoms with Gasteiger partial charge in [-0.2, -0.15) is 0 Å². The number of halogens is 2. The van der Waals surface area contributed by atoms with Crippen LogP contribution in [0.3, 0.4) is 0 Å². The fourth-order valence-corrected chi connectivity index (χ4v) is 3.17. The van der Waals surface area contributed by atoms with Crippen molar-refractivity contribution in [3.05, 3.63) is 28.7 Å². The Morgan fingerprint density at radius 2 is 2.30 bits per heavy atom. The molecule has 6 heteroatoms. The van der Waals surface area contributed by atoms with Crippen LogP contribution in [0.4, 0.5) is 0 Å². The number of ether oxygens (including phenoxy) is 1. The molecule has 1 aromatic rings. The maximum atomic E-state index is 12.3. The van der Waals surface area contributed by atoms with Gasteiger partial charge < -0.3 is 15.4 Å². The summed E-state index contributed by atoms with van der Waals surface area (Å²) in [7, 11) is 0. The number of piperidine rings is 1. The molecule has 0 aromatic heterocycles. The number of hydrogen-bond donors (Lipinski definition) is 1. The maximum absolute atomic E-state index is 12.3. The Morgan fingerprint density at radius 1 is 1.52 bits per heavy atom. The van der Waals surface area contributed by atoms with E-state index in [2.05, 4.69) is 15.9 Å². The van der Waals surface area contributed by atoms with Crippen LogP contribution < -0.4 is 10.5 Å². The third kappa shape index (κ3) is 6.69. The molecule has 1 saturated heterocycles. The van der Waals surface area contributed by atoms with Gasteiger partial charge in [-0.3, -0.25) is 4.79 Å². The molecule has 2 atom stereocenters. The van der Waals surface area contributed by atoms with Crippen molar-refractivity contribution in [1.29, 1.82) is 0 Å². The van der Waals surface area contributed by atoms with Crippen LogP contribution in [0.25, 0.3) is 0 Å². The molecule has 130 valence electrons. The van der Waals surface area contributed by atoms with E-state index >= 15 is 0 Å². The van der Waals surface area contributed by atoms with Crippen LogP contribution >= 0.6 is 28.3 Å². The molecular weight excluding hydrogens is 380 g/mol. The molecule has 0 spiro atoms. The number of likely N-dealkylation sites (tertiary alicyclic amines) is 1. The third-order valence-electron chi connectivity index (χ3n) is 4.15. The average molecular weight is 406 g/mol. The molecule has 2 unspecified atom stereocenters. The summed E-state index contributed by atoms with van der Waals surface area (Å²) in [6, 6.07) is 7.91. The first-order valence-corrected chi connectivity index (χ1v) is 8.77. The van der Waals surface area contributed by atoms with Crippen molar-refractivity contribution in [2.75, 3.05) is 19.7 Å². The molecular formula is C17H26BrClN2O2. The van der Waals surface area contributed by atoms with E-state index in [0.29, 0.717) is 18.9 Å². The summed E-state index contributed by atoms with van der Waals surface area (Å²) in [6.45, 7) is 4.27.